The van der Waals surface area contributed by atoms with Gasteiger partial charge in [-0.05, 0) is 35.9 Å². The molecular formula is C28H27FN4O4S. The van der Waals surface area contributed by atoms with E-state index in [0.717, 1.165) is 0 Å². The average molecular weight is 535 g/mol. The van der Waals surface area contributed by atoms with Crippen molar-refractivity contribution < 1.29 is 23.5 Å². The lowest BCUT2D eigenvalue weighted by molar-refractivity contribution is -0.126. The summed E-state index contributed by atoms with van der Waals surface area (Å²) in [5.74, 6) is -1.16. The number of aromatic nitrogens is 1. The number of rotatable bonds is 9. The van der Waals surface area contributed by atoms with Gasteiger partial charge in [-0.2, -0.15) is 0 Å². The number of hydrogen-bond acceptors (Lipinski definition) is 7. The number of para-hydroxylation sites is 1. The number of ketones is 1. The maximum absolute atomic E-state index is 14.9. The van der Waals surface area contributed by atoms with Gasteiger partial charge in [-0.25, -0.2) is 9.40 Å². The molecule has 4 aromatic rings. The van der Waals surface area contributed by atoms with Crippen LogP contribution in [-0.2, 0) is 16.0 Å². The van der Waals surface area contributed by atoms with Gasteiger partial charge in [0.1, 0.15) is 11.5 Å². The van der Waals surface area contributed by atoms with Crippen LogP contribution in [0.4, 0.5) is 10.1 Å². The fourth-order valence-corrected chi connectivity index (χ4v) is 4.71. The quantitative estimate of drug-likeness (QED) is 0.223. The molecule has 2 amide bonds. The van der Waals surface area contributed by atoms with Crippen molar-refractivity contribution in [1.82, 2.24) is 15.0 Å². The van der Waals surface area contributed by atoms with E-state index in [4.69, 9.17) is 4.74 Å². The van der Waals surface area contributed by atoms with Crippen molar-refractivity contribution in [2.75, 3.05) is 33.1 Å². The van der Waals surface area contributed by atoms with Gasteiger partial charge in [-0.3, -0.25) is 24.4 Å². The molecule has 2 heterocycles. The molecule has 2 aromatic heterocycles. The van der Waals surface area contributed by atoms with Crippen molar-refractivity contribution in [3.63, 3.8) is 0 Å². The highest BCUT2D eigenvalue weighted by molar-refractivity contribution is 7.21. The number of hydrazine groups is 1. The normalized spacial score (nSPS) is 11.0. The third-order valence-electron chi connectivity index (χ3n) is 5.96. The van der Waals surface area contributed by atoms with Crippen molar-refractivity contribution in [2.24, 2.45) is 0 Å². The molecule has 0 radical (unpaired) electrons. The summed E-state index contributed by atoms with van der Waals surface area (Å²) in [6.07, 6.45) is 1.16. The molecule has 0 saturated carbocycles. The second-order valence-corrected chi connectivity index (χ2v) is 9.91. The van der Waals surface area contributed by atoms with E-state index in [2.05, 4.69) is 4.98 Å². The molecule has 4 rings (SSSR count). The predicted octanol–water partition coefficient (Wildman–Crippen LogP) is 4.94. The smallest absolute Gasteiger partial charge is 0.278 e. The Bertz CT molecular complexity index is 1490. The first-order chi connectivity index (χ1) is 18.1. The Morgan fingerprint density at radius 1 is 0.947 bits per heavy atom. The van der Waals surface area contributed by atoms with Crippen LogP contribution in [0.15, 0.2) is 66.9 Å². The Balaban J connectivity index is 1.44. The fourth-order valence-electron chi connectivity index (χ4n) is 3.67. The molecule has 0 aliphatic heterocycles. The van der Waals surface area contributed by atoms with Crippen LogP contribution < -0.4 is 9.64 Å². The molecule has 0 N–H and O–H groups in total. The molecule has 2 aromatic carbocycles. The second-order valence-electron chi connectivity index (χ2n) is 8.86. The molecule has 196 valence electrons. The van der Waals surface area contributed by atoms with Crippen molar-refractivity contribution in [3.05, 3.63) is 83.1 Å². The summed E-state index contributed by atoms with van der Waals surface area (Å²) in [6.45, 7) is 0. The number of carbonyl (C=O) groups excluding carboxylic acids is 3. The summed E-state index contributed by atoms with van der Waals surface area (Å²) < 4.78 is 21.4. The third kappa shape index (κ3) is 6.04. The van der Waals surface area contributed by atoms with Gasteiger partial charge in [0, 0.05) is 52.6 Å². The molecule has 0 aliphatic carbocycles. The van der Waals surface area contributed by atoms with Crippen LogP contribution in [0, 0.1) is 5.82 Å². The molecule has 0 atom stereocenters. The summed E-state index contributed by atoms with van der Waals surface area (Å²) in [5, 5.41) is 3.13. The number of anilines is 1. The monoisotopic (exact) mass is 534 g/mol. The van der Waals surface area contributed by atoms with Gasteiger partial charge in [0.2, 0.25) is 5.91 Å². The zero-order valence-electron chi connectivity index (χ0n) is 21.5. The van der Waals surface area contributed by atoms with Crippen molar-refractivity contribution in [1.29, 1.82) is 0 Å². The number of ether oxygens (including phenoxy) is 1. The van der Waals surface area contributed by atoms with Crippen LogP contribution in [0.2, 0.25) is 0 Å². The number of Topliss-reactive ketones (excluding diaryl/α,β-unsaturated/α-hetero) is 1. The third-order valence-corrected chi connectivity index (χ3v) is 7.09. The summed E-state index contributed by atoms with van der Waals surface area (Å²) >= 11 is 1.21. The first kappa shape index (κ1) is 26.9. The molecule has 0 bridgehead atoms. The highest BCUT2D eigenvalue weighted by Gasteiger charge is 2.20. The standard InChI is InChI=1S/C28H27FN4O4S/c1-31(2)33(4)28(36)25-17-22-27(38-25)24(12-13-30-22)37-23-11-10-18(15-21(23)29)14-20(34)16-26(35)32(3)19-8-6-5-7-9-19/h5-13,15,17H,14,16H2,1-4H3. The van der Waals surface area contributed by atoms with Gasteiger partial charge < -0.3 is 9.64 Å². The fraction of sp³-hybridized carbons (Fsp3) is 0.214. The lowest BCUT2D eigenvalue weighted by Gasteiger charge is -2.23. The van der Waals surface area contributed by atoms with Crippen LogP contribution in [0.1, 0.15) is 21.7 Å². The Morgan fingerprint density at radius 2 is 1.68 bits per heavy atom. The Kier molecular flexibility index (Phi) is 8.13. The van der Waals surface area contributed by atoms with E-state index in [1.54, 1.807) is 63.5 Å². The van der Waals surface area contributed by atoms with E-state index in [1.165, 1.54) is 39.6 Å². The number of benzene rings is 2. The highest BCUT2D eigenvalue weighted by Crippen LogP contribution is 2.36. The minimum Gasteiger partial charge on any atom is -0.453 e. The van der Waals surface area contributed by atoms with E-state index in [-0.39, 0.29) is 36.2 Å². The van der Waals surface area contributed by atoms with Crippen molar-refractivity contribution >= 4 is 44.8 Å². The first-order valence-electron chi connectivity index (χ1n) is 11.8. The SMILES string of the molecule is CN(C(=O)CC(=O)Cc1ccc(Oc2ccnc3cc(C(=O)N(C)N(C)C)sc23)c(F)c1)c1ccccc1. The molecule has 0 fully saturated rings. The van der Waals surface area contributed by atoms with Crippen molar-refractivity contribution in [3.8, 4) is 11.5 Å². The number of carbonyl (C=O) groups is 3. The number of thiophene rings is 1. The Labute approximate surface area is 223 Å². The summed E-state index contributed by atoms with van der Waals surface area (Å²) in [5.41, 5.74) is 1.69. The van der Waals surface area contributed by atoms with Crippen molar-refractivity contribution in [2.45, 2.75) is 12.8 Å². The molecule has 38 heavy (non-hydrogen) atoms. The van der Waals surface area contributed by atoms with Crippen LogP contribution in [0.3, 0.4) is 0 Å². The first-order valence-corrected chi connectivity index (χ1v) is 12.6. The van der Waals surface area contributed by atoms with Gasteiger partial charge in [0.25, 0.3) is 5.91 Å². The van der Waals surface area contributed by atoms with E-state index in [1.807, 2.05) is 18.2 Å². The second kappa shape index (κ2) is 11.5. The van der Waals surface area contributed by atoms with Crippen LogP contribution in [-0.4, -0.2) is 60.8 Å². The largest absolute Gasteiger partial charge is 0.453 e. The molecule has 0 saturated heterocycles. The number of hydrogen-bond donors (Lipinski definition) is 0. The van der Waals surface area contributed by atoms with Crippen LogP contribution in [0.25, 0.3) is 10.2 Å². The number of amides is 2. The van der Waals surface area contributed by atoms with E-state index in [0.29, 0.717) is 32.1 Å². The number of halogens is 1. The maximum Gasteiger partial charge on any atom is 0.278 e. The van der Waals surface area contributed by atoms with E-state index in [9.17, 15) is 18.8 Å². The molecular weight excluding hydrogens is 507 g/mol. The lowest BCUT2D eigenvalue weighted by Crippen LogP contribution is -2.38. The number of pyridine rings is 1. The van der Waals surface area contributed by atoms with Crippen LogP contribution >= 0.6 is 11.3 Å². The zero-order valence-corrected chi connectivity index (χ0v) is 22.3. The van der Waals surface area contributed by atoms with E-state index >= 15 is 0 Å². The maximum atomic E-state index is 14.9. The summed E-state index contributed by atoms with van der Waals surface area (Å²) in [6, 6.07) is 16.6. The number of fused-ring (bicyclic) bond motifs is 1. The Hall–Kier alpha value is -4.15. The van der Waals surface area contributed by atoms with Gasteiger partial charge in [0.15, 0.2) is 11.6 Å². The lowest BCUT2D eigenvalue weighted by atomic mass is 10.1. The molecule has 0 spiro atoms. The highest BCUT2D eigenvalue weighted by atomic mass is 32.1. The molecule has 0 aliphatic rings. The zero-order chi connectivity index (χ0) is 27.4. The number of nitrogens with zero attached hydrogens (tertiary/aromatic N) is 4. The van der Waals surface area contributed by atoms with Gasteiger partial charge >= 0.3 is 0 Å². The predicted molar refractivity (Wildman–Crippen MR) is 145 cm³/mol. The minimum absolute atomic E-state index is 0.0275. The summed E-state index contributed by atoms with van der Waals surface area (Å²) in [4.78, 5) is 43.9. The Morgan fingerprint density at radius 3 is 2.37 bits per heavy atom. The topological polar surface area (TPSA) is 83.0 Å². The van der Waals surface area contributed by atoms with Gasteiger partial charge in [-0.1, -0.05) is 24.3 Å². The minimum atomic E-state index is -0.645. The van der Waals surface area contributed by atoms with Gasteiger partial charge in [-0.15, -0.1) is 11.3 Å². The van der Waals surface area contributed by atoms with Crippen LogP contribution in [0.5, 0.6) is 11.5 Å². The molecule has 10 heteroatoms. The average Bonchev–Trinajstić information content (AvgIpc) is 3.34. The molecule has 0 unspecified atom stereocenters. The summed E-state index contributed by atoms with van der Waals surface area (Å²) in [7, 11) is 6.80. The van der Waals surface area contributed by atoms with E-state index < -0.39 is 5.82 Å². The molecule has 8 nitrogen and oxygen atoms in total. The van der Waals surface area contributed by atoms with Gasteiger partial charge in [0.05, 0.1) is 21.5 Å².